The number of hydrogen-bond acceptors (Lipinski definition) is 6. The van der Waals surface area contributed by atoms with Crippen molar-refractivity contribution in [2.75, 3.05) is 19.8 Å². The first-order chi connectivity index (χ1) is 14.6. The van der Waals surface area contributed by atoms with E-state index in [1.165, 1.54) is 6.92 Å². The standard InChI is InChI=1S/C24H30O6/c1-18(25)28-16-21-15-27-17-22(29-13-19-8-4-2-5-9-19)12-23(26)24(21)30-14-20-10-6-3-7-11-20/h2-11,21-24,26H,12-17H2,1H3/t21?,22?,23?,24-/m1/s1. The maximum Gasteiger partial charge on any atom is 0.302 e. The molecule has 1 aliphatic rings. The molecule has 3 unspecified atom stereocenters. The Bertz CT molecular complexity index is 751. The number of ether oxygens (including phenoxy) is 4. The van der Waals surface area contributed by atoms with Gasteiger partial charge in [-0.2, -0.15) is 0 Å². The first kappa shape index (κ1) is 22.4. The van der Waals surface area contributed by atoms with E-state index >= 15 is 0 Å². The number of benzene rings is 2. The molecule has 1 fully saturated rings. The summed E-state index contributed by atoms with van der Waals surface area (Å²) < 4.78 is 23.1. The molecule has 162 valence electrons. The van der Waals surface area contributed by atoms with Crippen molar-refractivity contribution in [1.82, 2.24) is 0 Å². The van der Waals surface area contributed by atoms with E-state index < -0.39 is 12.2 Å². The molecule has 3 rings (SSSR count). The van der Waals surface area contributed by atoms with Crippen LogP contribution in [-0.4, -0.2) is 49.2 Å². The Morgan fingerprint density at radius 1 is 0.967 bits per heavy atom. The van der Waals surface area contributed by atoms with Crippen LogP contribution < -0.4 is 0 Å². The Morgan fingerprint density at radius 3 is 2.17 bits per heavy atom. The lowest BCUT2D eigenvalue weighted by atomic mass is 9.94. The lowest BCUT2D eigenvalue weighted by Gasteiger charge is -2.35. The van der Waals surface area contributed by atoms with E-state index in [4.69, 9.17) is 18.9 Å². The highest BCUT2D eigenvalue weighted by molar-refractivity contribution is 5.65. The van der Waals surface area contributed by atoms with Crippen LogP contribution in [0.4, 0.5) is 0 Å². The van der Waals surface area contributed by atoms with Gasteiger partial charge in [-0.15, -0.1) is 0 Å². The van der Waals surface area contributed by atoms with E-state index in [9.17, 15) is 9.90 Å². The van der Waals surface area contributed by atoms with Crippen molar-refractivity contribution >= 4 is 5.97 Å². The van der Waals surface area contributed by atoms with Gasteiger partial charge >= 0.3 is 5.97 Å². The van der Waals surface area contributed by atoms with E-state index in [1.54, 1.807) is 0 Å². The second-order valence-corrected chi connectivity index (χ2v) is 7.58. The van der Waals surface area contributed by atoms with Gasteiger partial charge in [0.2, 0.25) is 0 Å². The number of carbonyl (C=O) groups excluding carboxylic acids is 1. The Hall–Kier alpha value is -2.25. The van der Waals surface area contributed by atoms with Gasteiger partial charge in [-0.1, -0.05) is 60.7 Å². The molecular weight excluding hydrogens is 384 g/mol. The van der Waals surface area contributed by atoms with E-state index in [0.29, 0.717) is 32.8 Å². The van der Waals surface area contributed by atoms with Gasteiger partial charge in [-0.3, -0.25) is 4.79 Å². The van der Waals surface area contributed by atoms with Crippen LogP contribution in [0, 0.1) is 5.92 Å². The zero-order chi connectivity index (χ0) is 21.2. The molecule has 0 spiro atoms. The van der Waals surface area contributed by atoms with Gasteiger partial charge in [0.15, 0.2) is 0 Å². The van der Waals surface area contributed by atoms with Gasteiger partial charge in [0.25, 0.3) is 0 Å². The summed E-state index contributed by atoms with van der Waals surface area (Å²) in [6.45, 7) is 3.00. The van der Waals surface area contributed by atoms with Crippen LogP contribution in [0.25, 0.3) is 0 Å². The zero-order valence-corrected chi connectivity index (χ0v) is 17.3. The average molecular weight is 414 g/mol. The van der Waals surface area contributed by atoms with Crippen LogP contribution in [0.15, 0.2) is 60.7 Å². The molecule has 2 aromatic carbocycles. The summed E-state index contributed by atoms with van der Waals surface area (Å²) in [6.07, 6.45) is -1.17. The molecule has 0 amide bonds. The Labute approximate surface area is 177 Å². The second-order valence-electron chi connectivity index (χ2n) is 7.58. The molecule has 2 aromatic rings. The van der Waals surface area contributed by atoms with Gasteiger partial charge in [0.05, 0.1) is 51.3 Å². The van der Waals surface area contributed by atoms with Crippen molar-refractivity contribution < 1.29 is 28.8 Å². The SMILES string of the molecule is CC(=O)OCC1COCC(OCc2ccccc2)CC(O)[C@@H]1OCc1ccccc1. The molecule has 4 atom stereocenters. The maximum absolute atomic E-state index is 11.3. The molecule has 30 heavy (non-hydrogen) atoms. The maximum atomic E-state index is 11.3. The number of hydrogen-bond donors (Lipinski definition) is 1. The first-order valence-electron chi connectivity index (χ1n) is 10.3. The second kappa shape index (κ2) is 11.8. The summed E-state index contributed by atoms with van der Waals surface area (Å²) >= 11 is 0. The molecule has 0 aliphatic carbocycles. The number of rotatable bonds is 8. The number of carbonyl (C=O) groups is 1. The summed E-state index contributed by atoms with van der Waals surface area (Å²) in [4.78, 5) is 11.3. The molecule has 0 saturated carbocycles. The summed E-state index contributed by atoms with van der Waals surface area (Å²) in [5.41, 5.74) is 2.08. The topological polar surface area (TPSA) is 74.2 Å². The van der Waals surface area contributed by atoms with Gasteiger partial charge < -0.3 is 24.1 Å². The Kier molecular flexibility index (Phi) is 8.83. The summed E-state index contributed by atoms with van der Waals surface area (Å²) in [5, 5.41) is 11.0. The molecule has 0 radical (unpaired) electrons. The molecule has 6 nitrogen and oxygen atoms in total. The predicted octanol–water partition coefficient (Wildman–Crippen LogP) is 3.12. The zero-order valence-electron chi connectivity index (χ0n) is 17.3. The summed E-state index contributed by atoms with van der Waals surface area (Å²) in [7, 11) is 0. The van der Waals surface area contributed by atoms with Crippen LogP contribution in [0.3, 0.4) is 0 Å². The van der Waals surface area contributed by atoms with Crippen molar-refractivity contribution in [3.8, 4) is 0 Å². The first-order valence-corrected chi connectivity index (χ1v) is 10.3. The van der Waals surface area contributed by atoms with E-state index in [0.717, 1.165) is 11.1 Å². The van der Waals surface area contributed by atoms with Crippen LogP contribution in [0.5, 0.6) is 0 Å². The van der Waals surface area contributed by atoms with E-state index in [2.05, 4.69) is 0 Å². The van der Waals surface area contributed by atoms with Gasteiger partial charge in [0.1, 0.15) is 0 Å². The predicted molar refractivity (Wildman–Crippen MR) is 112 cm³/mol. The smallest absolute Gasteiger partial charge is 0.302 e. The Morgan fingerprint density at radius 2 is 1.57 bits per heavy atom. The third-order valence-electron chi connectivity index (χ3n) is 5.10. The van der Waals surface area contributed by atoms with E-state index in [1.807, 2.05) is 60.7 Å². The van der Waals surface area contributed by atoms with Crippen molar-refractivity contribution in [1.29, 1.82) is 0 Å². The lowest BCUT2D eigenvalue weighted by molar-refractivity contribution is -0.162. The average Bonchev–Trinajstić information content (AvgIpc) is 2.75. The molecular formula is C24H30O6. The normalized spacial score (nSPS) is 24.6. The minimum atomic E-state index is -0.765. The third-order valence-corrected chi connectivity index (χ3v) is 5.10. The van der Waals surface area contributed by atoms with Crippen molar-refractivity contribution in [3.63, 3.8) is 0 Å². The van der Waals surface area contributed by atoms with Crippen LogP contribution >= 0.6 is 0 Å². The fourth-order valence-corrected chi connectivity index (χ4v) is 3.52. The quantitative estimate of drug-likeness (QED) is 0.669. The minimum absolute atomic E-state index is 0.140. The molecule has 1 N–H and O–H groups in total. The molecule has 1 heterocycles. The van der Waals surface area contributed by atoms with E-state index in [-0.39, 0.29) is 24.6 Å². The monoisotopic (exact) mass is 414 g/mol. The van der Waals surface area contributed by atoms with Crippen LogP contribution in [0.1, 0.15) is 24.5 Å². The molecule has 0 bridgehead atoms. The highest BCUT2D eigenvalue weighted by Gasteiger charge is 2.35. The fraction of sp³-hybridized carbons (Fsp3) is 0.458. The summed E-state index contributed by atoms with van der Waals surface area (Å²) in [5.74, 6) is -0.625. The number of aliphatic hydroxyl groups excluding tert-OH is 1. The van der Waals surface area contributed by atoms with Crippen molar-refractivity contribution in [2.24, 2.45) is 5.92 Å². The third kappa shape index (κ3) is 7.22. The van der Waals surface area contributed by atoms with Crippen LogP contribution in [-0.2, 0) is 37.0 Å². The number of esters is 1. The van der Waals surface area contributed by atoms with Gasteiger partial charge in [-0.25, -0.2) is 0 Å². The molecule has 1 saturated heterocycles. The molecule has 6 heteroatoms. The van der Waals surface area contributed by atoms with Crippen LogP contribution in [0.2, 0.25) is 0 Å². The van der Waals surface area contributed by atoms with Gasteiger partial charge in [0, 0.05) is 19.3 Å². The highest BCUT2D eigenvalue weighted by atomic mass is 16.6. The highest BCUT2D eigenvalue weighted by Crippen LogP contribution is 2.23. The summed E-state index contributed by atoms with van der Waals surface area (Å²) in [6, 6.07) is 19.7. The fourth-order valence-electron chi connectivity index (χ4n) is 3.52. The largest absolute Gasteiger partial charge is 0.465 e. The molecule has 0 aromatic heterocycles. The minimum Gasteiger partial charge on any atom is -0.465 e. The van der Waals surface area contributed by atoms with Crippen molar-refractivity contribution in [3.05, 3.63) is 71.8 Å². The van der Waals surface area contributed by atoms with Crippen molar-refractivity contribution in [2.45, 2.75) is 44.9 Å². The lowest BCUT2D eigenvalue weighted by Crippen LogP contribution is -2.45. The number of aliphatic hydroxyl groups is 1. The van der Waals surface area contributed by atoms with Gasteiger partial charge in [-0.05, 0) is 11.1 Å². The molecule has 1 aliphatic heterocycles. The Balaban J connectivity index is 1.63.